The highest BCUT2D eigenvalue weighted by molar-refractivity contribution is 7.80. The zero-order valence-corrected chi connectivity index (χ0v) is 14.4. The molecule has 1 heterocycles. The summed E-state index contributed by atoms with van der Waals surface area (Å²) in [4.78, 5) is 4.03. The molecule has 0 unspecified atom stereocenters. The Hall–Kier alpha value is -3.19. The number of rotatable bonds is 5. The Morgan fingerprint density at radius 1 is 1.16 bits per heavy atom. The Kier molecular flexibility index (Phi) is 5.38. The standard InChI is InChI=1S/C18H17N5OS/c1-24-17-8-4-15(5-9-17)21-18(25)22-20-12-14-2-6-16(7-3-14)23-11-10-19-13-23/h2-13H,1H3,(H2,21,22,25)/b20-12+. The number of nitrogens with zero attached hydrogens (tertiary/aromatic N) is 3. The first-order chi connectivity index (χ1) is 12.2. The molecule has 6 nitrogen and oxygen atoms in total. The molecular weight excluding hydrogens is 334 g/mol. The first kappa shape index (κ1) is 16.7. The number of imidazole rings is 1. The third kappa shape index (κ3) is 4.65. The van der Waals surface area contributed by atoms with Gasteiger partial charge in [-0.25, -0.2) is 4.98 Å². The van der Waals surface area contributed by atoms with Gasteiger partial charge in [-0.3, -0.25) is 5.43 Å². The van der Waals surface area contributed by atoms with Gasteiger partial charge >= 0.3 is 0 Å². The van der Waals surface area contributed by atoms with Gasteiger partial charge in [-0.2, -0.15) is 5.10 Å². The van der Waals surface area contributed by atoms with Crippen LogP contribution in [0.5, 0.6) is 5.75 Å². The molecule has 0 amide bonds. The molecule has 2 aromatic carbocycles. The summed E-state index contributed by atoms with van der Waals surface area (Å²) in [7, 11) is 1.63. The van der Waals surface area contributed by atoms with Crippen LogP contribution in [-0.2, 0) is 0 Å². The largest absolute Gasteiger partial charge is 0.497 e. The molecule has 0 saturated carbocycles. The number of aromatic nitrogens is 2. The lowest BCUT2D eigenvalue weighted by Crippen LogP contribution is -2.23. The van der Waals surface area contributed by atoms with E-state index in [1.807, 2.05) is 59.3 Å². The highest BCUT2D eigenvalue weighted by Gasteiger charge is 1.98. The van der Waals surface area contributed by atoms with Gasteiger partial charge in [0, 0.05) is 23.8 Å². The van der Waals surface area contributed by atoms with Crippen molar-refractivity contribution in [3.8, 4) is 11.4 Å². The topological polar surface area (TPSA) is 63.5 Å². The predicted molar refractivity (Wildman–Crippen MR) is 104 cm³/mol. The van der Waals surface area contributed by atoms with Gasteiger partial charge in [-0.05, 0) is 54.2 Å². The van der Waals surface area contributed by atoms with Gasteiger partial charge in [0.05, 0.1) is 19.7 Å². The van der Waals surface area contributed by atoms with Crippen molar-refractivity contribution in [2.24, 2.45) is 5.10 Å². The first-order valence-corrected chi connectivity index (χ1v) is 7.98. The first-order valence-electron chi connectivity index (χ1n) is 7.57. The van der Waals surface area contributed by atoms with Crippen LogP contribution in [-0.4, -0.2) is 28.0 Å². The van der Waals surface area contributed by atoms with Crippen molar-refractivity contribution in [3.05, 3.63) is 72.8 Å². The van der Waals surface area contributed by atoms with E-state index in [1.165, 1.54) is 0 Å². The smallest absolute Gasteiger partial charge is 0.191 e. The summed E-state index contributed by atoms with van der Waals surface area (Å²) in [6, 6.07) is 15.4. The van der Waals surface area contributed by atoms with Crippen molar-refractivity contribution >= 4 is 29.2 Å². The molecule has 0 aliphatic heterocycles. The maximum Gasteiger partial charge on any atom is 0.191 e. The minimum Gasteiger partial charge on any atom is -0.497 e. The Bertz CT molecular complexity index is 842. The van der Waals surface area contributed by atoms with Crippen LogP contribution in [0.4, 0.5) is 5.69 Å². The molecule has 0 bridgehead atoms. The molecule has 0 aliphatic carbocycles. The molecule has 25 heavy (non-hydrogen) atoms. The Balaban J connectivity index is 1.52. The van der Waals surface area contributed by atoms with Crippen LogP contribution in [0.15, 0.2) is 72.4 Å². The Labute approximate surface area is 151 Å². The third-order valence-electron chi connectivity index (χ3n) is 3.42. The maximum atomic E-state index is 5.21. The number of thiocarbonyl (C=S) groups is 1. The lowest BCUT2D eigenvalue weighted by atomic mass is 10.2. The maximum absolute atomic E-state index is 5.21. The monoisotopic (exact) mass is 351 g/mol. The zero-order valence-electron chi connectivity index (χ0n) is 13.6. The molecule has 0 fully saturated rings. The fraction of sp³-hybridized carbons (Fsp3) is 0.0556. The molecule has 0 saturated heterocycles. The van der Waals surface area contributed by atoms with Crippen LogP contribution < -0.4 is 15.5 Å². The van der Waals surface area contributed by atoms with Crippen molar-refractivity contribution < 1.29 is 4.74 Å². The van der Waals surface area contributed by atoms with Crippen molar-refractivity contribution in [1.29, 1.82) is 0 Å². The average Bonchev–Trinajstić information content (AvgIpc) is 3.18. The minimum absolute atomic E-state index is 0.413. The molecule has 0 radical (unpaired) electrons. The summed E-state index contributed by atoms with van der Waals surface area (Å²) in [5.74, 6) is 0.793. The molecule has 0 spiro atoms. The lowest BCUT2D eigenvalue weighted by Gasteiger charge is -2.07. The molecular formula is C18H17N5OS. The fourth-order valence-corrected chi connectivity index (χ4v) is 2.31. The second-order valence-corrected chi connectivity index (χ2v) is 5.52. The molecule has 7 heteroatoms. The number of anilines is 1. The summed E-state index contributed by atoms with van der Waals surface area (Å²) in [5.41, 5.74) is 5.66. The number of nitrogens with one attached hydrogen (secondary N) is 2. The molecule has 3 rings (SSSR count). The van der Waals surface area contributed by atoms with Crippen molar-refractivity contribution in [2.45, 2.75) is 0 Å². The van der Waals surface area contributed by atoms with Gasteiger partial charge in [0.1, 0.15) is 5.75 Å². The molecule has 126 valence electrons. The molecule has 0 atom stereocenters. The predicted octanol–water partition coefficient (Wildman–Crippen LogP) is 3.20. The summed E-state index contributed by atoms with van der Waals surface area (Å²) in [6.45, 7) is 0. The van der Waals surface area contributed by atoms with Gasteiger partial charge in [0.15, 0.2) is 5.11 Å². The van der Waals surface area contributed by atoms with E-state index in [-0.39, 0.29) is 0 Å². The molecule has 0 aliphatic rings. The Morgan fingerprint density at radius 3 is 2.56 bits per heavy atom. The van der Waals surface area contributed by atoms with E-state index in [1.54, 1.807) is 25.8 Å². The summed E-state index contributed by atoms with van der Waals surface area (Å²) >= 11 is 5.21. The molecule has 2 N–H and O–H groups in total. The number of ether oxygens (including phenoxy) is 1. The normalized spacial score (nSPS) is 10.6. The average molecular weight is 351 g/mol. The zero-order chi connectivity index (χ0) is 17.5. The van der Waals surface area contributed by atoms with E-state index >= 15 is 0 Å². The lowest BCUT2D eigenvalue weighted by molar-refractivity contribution is 0.415. The molecule has 1 aromatic heterocycles. The van der Waals surface area contributed by atoms with E-state index in [0.29, 0.717) is 5.11 Å². The number of hydrazone groups is 1. The van der Waals surface area contributed by atoms with Crippen LogP contribution >= 0.6 is 12.2 Å². The van der Waals surface area contributed by atoms with E-state index < -0.39 is 0 Å². The van der Waals surface area contributed by atoms with Crippen LogP contribution in [0.2, 0.25) is 0 Å². The number of hydrogen-bond acceptors (Lipinski definition) is 4. The molecule has 3 aromatic rings. The number of benzene rings is 2. The summed E-state index contributed by atoms with van der Waals surface area (Å²) in [6.07, 6.45) is 7.11. The van der Waals surface area contributed by atoms with Crippen LogP contribution in [0.25, 0.3) is 5.69 Å². The SMILES string of the molecule is COc1ccc(NC(=S)N/N=C/c2ccc(-n3ccnc3)cc2)cc1. The second kappa shape index (κ2) is 8.07. The number of hydrogen-bond donors (Lipinski definition) is 2. The van der Waals surface area contributed by atoms with Crippen LogP contribution in [0.3, 0.4) is 0 Å². The van der Waals surface area contributed by atoms with E-state index in [9.17, 15) is 0 Å². The Morgan fingerprint density at radius 2 is 1.92 bits per heavy atom. The quantitative estimate of drug-likeness (QED) is 0.420. The fourth-order valence-electron chi connectivity index (χ4n) is 2.14. The van der Waals surface area contributed by atoms with Crippen LogP contribution in [0, 0.1) is 0 Å². The minimum atomic E-state index is 0.413. The summed E-state index contributed by atoms with van der Waals surface area (Å²) < 4.78 is 7.05. The highest BCUT2D eigenvalue weighted by Crippen LogP contribution is 2.14. The van der Waals surface area contributed by atoms with Crippen molar-refractivity contribution in [1.82, 2.24) is 15.0 Å². The van der Waals surface area contributed by atoms with Crippen molar-refractivity contribution in [2.75, 3.05) is 12.4 Å². The van der Waals surface area contributed by atoms with Crippen molar-refractivity contribution in [3.63, 3.8) is 0 Å². The highest BCUT2D eigenvalue weighted by atomic mass is 32.1. The summed E-state index contributed by atoms with van der Waals surface area (Å²) in [5, 5.41) is 7.60. The number of methoxy groups -OCH3 is 1. The van der Waals surface area contributed by atoms with E-state index in [2.05, 4.69) is 20.8 Å². The van der Waals surface area contributed by atoms with Gasteiger partial charge < -0.3 is 14.6 Å². The van der Waals surface area contributed by atoms with Crippen LogP contribution in [0.1, 0.15) is 5.56 Å². The van der Waals surface area contributed by atoms with Gasteiger partial charge in [-0.15, -0.1) is 0 Å². The van der Waals surface area contributed by atoms with E-state index in [4.69, 9.17) is 17.0 Å². The van der Waals surface area contributed by atoms with E-state index in [0.717, 1.165) is 22.7 Å². The van der Waals surface area contributed by atoms with Gasteiger partial charge in [-0.1, -0.05) is 12.1 Å². The van der Waals surface area contributed by atoms with Gasteiger partial charge in [0.2, 0.25) is 0 Å². The third-order valence-corrected chi connectivity index (χ3v) is 3.62. The van der Waals surface area contributed by atoms with Gasteiger partial charge in [0.25, 0.3) is 0 Å². The second-order valence-electron chi connectivity index (χ2n) is 5.11.